The summed E-state index contributed by atoms with van der Waals surface area (Å²) in [5, 5.41) is 8.92. The van der Waals surface area contributed by atoms with Crippen LogP contribution in [0.4, 0.5) is 0 Å². The molecule has 0 heterocycles. The zero-order valence-corrected chi connectivity index (χ0v) is 13.6. The van der Waals surface area contributed by atoms with Gasteiger partial charge in [-0.1, -0.05) is 24.3 Å². The zero-order chi connectivity index (χ0) is 13.1. The minimum atomic E-state index is -0.811. The van der Waals surface area contributed by atoms with Crippen molar-refractivity contribution in [2.24, 2.45) is 5.92 Å². The second-order valence-electron chi connectivity index (χ2n) is 5.06. The first-order valence-electron chi connectivity index (χ1n) is 6.42. The average Bonchev–Trinajstić information content (AvgIpc) is 2.75. The van der Waals surface area contributed by atoms with Crippen LogP contribution in [0.3, 0.4) is 0 Å². The molecule has 1 N–H and O–H groups in total. The SMILES string of the molecule is CC(C(=O)O)c1ccc(CC2CCCC2=O)cc1.[Na+]. The first-order valence-corrected chi connectivity index (χ1v) is 6.42. The molecule has 2 rings (SSSR count). The Bertz CT molecular complexity index is 453. The Morgan fingerprint density at radius 3 is 2.47 bits per heavy atom. The molecule has 96 valence electrons. The largest absolute Gasteiger partial charge is 1.00 e. The fraction of sp³-hybridized carbons (Fsp3) is 0.467. The molecule has 4 heteroatoms. The van der Waals surface area contributed by atoms with Gasteiger partial charge in [-0.25, -0.2) is 0 Å². The average molecular weight is 269 g/mol. The zero-order valence-electron chi connectivity index (χ0n) is 11.6. The molecule has 0 amide bonds. The number of ketones is 1. The van der Waals surface area contributed by atoms with Crippen LogP contribution in [-0.4, -0.2) is 16.9 Å². The fourth-order valence-corrected chi connectivity index (χ4v) is 2.47. The molecule has 2 atom stereocenters. The van der Waals surface area contributed by atoms with Gasteiger partial charge in [-0.05, 0) is 37.3 Å². The molecule has 1 aliphatic carbocycles. The number of hydrogen-bond acceptors (Lipinski definition) is 2. The fourth-order valence-electron chi connectivity index (χ4n) is 2.47. The third-order valence-corrected chi connectivity index (χ3v) is 3.76. The molecule has 0 aromatic heterocycles. The van der Waals surface area contributed by atoms with Crippen molar-refractivity contribution in [3.05, 3.63) is 35.4 Å². The third kappa shape index (κ3) is 4.16. The molecule has 2 unspecified atom stereocenters. The van der Waals surface area contributed by atoms with Crippen LogP contribution in [0.2, 0.25) is 0 Å². The number of carboxylic acid groups (broad SMARTS) is 1. The van der Waals surface area contributed by atoms with E-state index in [0.717, 1.165) is 36.8 Å². The molecule has 0 spiro atoms. The van der Waals surface area contributed by atoms with Crippen LogP contribution in [0, 0.1) is 5.92 Å². The first kappa shape index (κ1) is 16.4. The quantitative estimate of drug-likeness (QED) is 0.770. The standard InChI is InChI=1S/C15H18O3.Na/c1-10(15(17)18)12-7-5-11(6-8-12)9-13-3-2-4-14(13)16;/h5-8,10,13H,2-4,9H2,1H3,(H,17,18);/q;+1. The summed E-state index contributed by atoms with van der Waals surface area (Å²) in [5.74, 6) is -0.744. The van der Waals surface area contributed by atoms with Crippen LogP contribution in [-0.2, 0) is 16.0 Å². The van der Waals surface area contributed by atoms with Crippen molar-refractivity contribution >= 4 is 11.8 Å². The molecule has 1 aliphatic rings. The van der Waals surface area contributed by atoms with Gasteiger partial charge in [0.25, 0.3) is 0 Å². The van der Waals surface area contributed by atoms with Crippen molar-refractivity contribution in [2.75, 3.05) is 0 Å². The number of carboxylic acids is 1. The topological polar surface area (TPSA) is 54.4 Å². The maximum atomic E-state index is 11.6. The predicted molar refractivity (Wildman–Crippen MR) is 68.5 cm³/mol. The number of rotatable bonds is 4. The summed E-state index contributed by atoms with van der Waals surface area (Å²) >= 11 is 0. The summed E-state index contributed by atoms with van der Waals surface area (Å²) in [7, 11) is 0. The monoisotopic (exact) mass is 269 g/mol. The van der Waals surface area contributed by atoms with Crippen molar-refractivity contribution in [1.82, 2.24) is 0 Å². The molecule has 0 radical (unpaired) electrons. The van der Waals surface area contributed by atoms with Crippen molar-refractivity contribution in [3.63, 3.8) is 0 Å². The van der Waals surface area contributed by atoms with Gasteiger partial charge in [-0.15, -0.1) is 0 Å². The number of benzene rings is 1. The van der Waals surface area contributed by atoms with Crippen LogP contribution in [0.5, 0.6) is 0 Å². The van der Waals surface area contributed by atoms with Crippen LogP contribution < -0.4 is 29.6 Å². The number of hydrogen-bond donors (Lipinski definition) is 1. The minimum absolute atomic E-state index is 0. The Morgan fingerprint density at radius 1 is 1.37 bits per heavy atom. The summed E-state index contributed by atoms with van der Waals surface area (Å²) in [4.78, 5) is 22.4. The van der Waals surface area contributed by atoms with Gasteiger partial charge in [0.15, 0.2) is 0 Å². The molecule has 3 nitrogen and oxygen atoms in total. The first-order chi connectivity index (χ1) is 8.58. The van der Waals surface area contributed by atoms with E-state index in [1.807, 2.05) is 24.3 Å². The molecule has 19 heavy (non-hydrogen) atoms. The molecule has 0 saturated heterocycles. The molecule has 0 aliphatic heterocycles. The molecule has 1 fully saturated rings. The molecule has 0 bridgehead atoms. The third-order valence-electron chi connectivity index (χ3n) is 3.76. The summed E-state index contributed by atoms with van der Waals surface area (Å²) in [6, 6.07) is 7.60. The predicted octanol–water partition coefficient (Wildman–Crippen LogP) is -0.210. The normalized spacial score (nSPS) is 19.8. The van der Waals surface area contributed by atoms with Gasteiger partial charge in [-0.2, -0.15) is 0 Å². The molecule has 1 saturated carbocycles. The van der Waals surface area contributed by atoms with Gasteiger partial charge in [0.05, 0.1) is 5.92 Å². The van der Waals surface area contributed by atoms with E-state index < -0.39 is 11.9 Å². The summed E-state index contributed by atoms with van der Waals surface area (Å²) in [6.07, 6.45) is 3.52. The second-order valence-corrected chi connectivity index (χ2v) is 5.06. The number of carbonyl (C=O) groups is 2. The van der Waals surface area contributed by atoms with E-state index in [-0.39, 0.29) is 35.5 Å². The molecule has 1 aromatic rings. The number of aliphatic carboxylic acids is 1. The van der Waals surface area contributed by atoms with Crippen LogP contribution >= 0.6 is 0 Å². The minimum Gasteiger partial charge on any atom is -0.481 e. The van der Waals surface area contributed by atoms with Crippen molar-refractivity contribution in [1.29, 1.82) is 0 Å². The number of carbonyl (C=O) groups excluding carboxylic acids is 1. The smallest absolute Gasteiger partial charge is 0.481 e. The van der Waals surface area contributed by atoms with Crippen LogP contribution in [0.15, 0.2) is 24.3 Å². The van der Waals surface area contributed by atoms with Gasteiger partial charge in [0.2, 0.25) is 0 Å². The summed E-state index contributed by atoms with van der Waals surface area (Å²) < 4.78 is 0. The number of Topliss-reactive ketones (excluding diaryl/α,β-unsaturated/α-hetero) is 1. The van der Waals surface area contributed by atoms with Gasteiger partial charge in [0.1, 0.15) is 5.78 Å². The Kier molecular flexibility index (Phi) is 6.24. The Balaban J connectivity index is 0.00000180. The Labute approximate surface area is 135 Å². The van der Waals surface area contributed by atoms with E-state index in [4.69, 9.17) is 5.11 Å². The van der Waals surface area contributed by atoms with E-state index in [1.54, 1.807) is 6.92 Å². The van der Waals surface area contributed by atoms with Crippen LogP contribution in [0.25, 0.3) is 0 Å². The Morgan fingerprint density at radius 2 is 2.00 bits per heavy atom. The molecular weight excluding hydrogens is 251 g/mol. The molecular formula is C15H18NaO3+. The summed E-state index contributed by atoms with van der Waals surface area (Å²) in [6.45, 7) is 1.68. The van der Waals surface area contributed by atoms with Crippen molar-refractivity contribution in [2.45, 2.75) is 38.5 Å². The van der Waals surface area contributed by atoms with Gasteiger partial charge in [0, 0.05) is 12.3 Å². The Hall–Kier alpha value is -0.640. The maximum Gasteiger partial charge on any atom is 1.00 e. The van der Waals surface area contributed by atoms with Gasteiger partial charge in [-0.3, -0.25) is 9.59 Å². The maximum absolute atomic E-state index is 11.6. The van der Waals surface area contributed by atoms with Gasteiger partial charge < -0.3 is 5.11 Å². The van der Waals surface area contributed by atoms with E-state index in [9.17, 15) is 9.59 Å². The summed E-state index contributed by atoms with van der Waals surface area (Å²) in [5.41, 5.74) is 1.93. The van der Waals surface area contributed by atoms with Crippen molar-refractivity contribution in [3.8, 4) is 0 Å². The van der Waals surface area contributed by atoms with Crippen molar-refractivity contribution < 1.29 is 44.3 Å². The molecule has 1 aromatic carbocycles. The van der Waals surface area contributed by atoms with E-state index in [0.29, 0.717) is 5.78 Å². The van der Waals surface area contributed by atoms with Crippen LogP contribution in [0.1, 0.15) is 43.2 Å². The van der Waals surface area contributed by atoms with E-state index >= 15 is 0 Å². The van der Waals surface area contributed by atoms with Gasteiger partial charge >= 0.3 is 35.5 Å². The van der Waals surface area contributed by atoms with E-state index in [2.05, 4.69) is 0 Å². The second kappa shape index (κ2) is 7.22. The van der Waals surface area contributed by atoms with E-state index in [1.165, 1.54) is 0 Å².